The van der Waals surface area contributed by atoms with Crippen LogP contribution in [0.2, 0.25) is 0 Å². The van der Waals surface area contributed by atoms with Crippen molar-refractivity contribution in [2.24, 2.45) is 56.7 Å². The number of hydrogen-bond donors (Lipinski definition) is 3. The third-order valence-electron chi connectivity index (χ3n) is 14.9. The Morgan fingerprint density at radius 1 is 0.933 bits per heavy atom. The first-order chi connectivity index (χ1) is 21.0. The SMILES string of the molecule is C[C@H]1[C@H](C)CC[C@]2(C(=O)O)CC[C@]3(C)C(=CCC4[C@@]5(C)C[C@@H](O)[C@H](OC(=O)/C=C\c6ccc(O)cc6)C(C)(C)C5CC[C@]43C)[C@H]12. The molecule has 45 heavy (non-hydrogen) atoms. The van der Waals surface area contributed by atoms with Gasteiger partial charge in [0.2, 0.25) is 0 Å². The third-order valence-corrected chi connectivity index (χ3v) is 14.9. The number of carboxylic acid groups (broad SMARTS) is 1. The highest BCUT2D eigenvalue weighted by Gasteiger charge is 2.70. The van der Waals surface area contributed by atoms with E-state index in [1.54, 1.807) is 30.3 Å². The van der Waals surface area contributed by atoms with Crippen LogP contribution >= 0.6 is 0 Å². The lowest BCUT2D eigenvalue weighted by atomic mass is 9.33. The Morgan fingerprint density at radius 3 is 2.29 bits per heavy atom. The Labute approximate surface area is 269 Å². The van der Waals surface area contributed by atoms with Gasteiger partial charge in [0.25, 0.3) is 0 Å². The van der Waals surface area contributed by atoms with Crippen molar-refractivity contribution in [2.75, 3.05) is 0 Å². The van der Waals surface area contributed by atoms with Crippen molar-refractivity contribution < 1.29 is 29.6 Å². The van der Waals surface area contributed by atoms with Gasteiger partial charge in [-0.2, -0.15) is 0 Å². The van der Waals surface area contributed by atoms with Crippen molar-refractivity contribution in [1.29, 1.82) is 0 Å². The first-order valence-electron chi connectivity index (χ1n) is 17.3. The minimum Gasteiger partial charge on any atom is -0.508 e. The summed E-state index contributed by atoms with van der Waals surface area (Å²) < 4.78 is 6.05. The number of hydrogen-bond acceptors (Lipinski definition) is 5. The predicted octanol–water partition coefficient (Wildman–Crippen LogP) is 8.03. The summed E-state index contributed by atoms with van der Waals surface area (Å²) in [4.78, 5) is 26.0. The van der Waals surface area contributed by atoms with E-state index in [-0.39, 0.29) is 33.8 Å². The van der Waals surface area contributed by atoms with Crippen LogP contribution in [0, 0.1) is 56.7 Å². The zero-order valence-electron chi connectivity index (χ0n) is 28.3. The normalized spacial score (nSPS) is 45.3. The van der Waals surface area contributed by atoms with E-state index < -0.39 is 35.0 Å². The van der Waals surface area contributed by atoms with Crippen LogP contribution in [0.5, 0.6) is 5.75 Å². The van der Waals surface area contributed by atoms with E-state index in [1.807, 2.05) is 0 Å². The molecule has 0 heterocycles. The fourth-order valence-electron chi connectivity index (χ4n) is 12.1. The number of rotatable bonds is 4. The molecular weight excluding hydrogens is 564 g/mol. The summed E-state index contributed by atoms with van der Waals surface area (Å²) in [6, 6.07) is 6.62. The topological polar surface area (TPSA) is 104 Å². The summed E-state index contributed by atoms with van der Waals surface area (Å²) in [7, 11) is 0. The molecule has 4 saturated carbocycles. The van der Waals surface area contributed by atoms with Crippen LogP contribution in [0.15, 0.2) is 42.0 Å². The maximum atomic E-state index is 13.0. The Balaban J connectivity index is 1.29. The molecule has 4 fully saturated rings. The number of esters is 1. The molecule has 6 heteroatoms. The first-order valence-corrected chi connectivity index (χ1v) is 17.3. The number of phenolic OH excluding ortho intramolecular Hbond substituents is 1. The lowest BCUT2D eigenvalue weighted by molar-refractivity contribution is -0.238. The number of benzene rings is 1. The van der Waals surface area contributed by atoms with Crippen molar-refractivity contribution in [3.8, 4) is 5.75 Å². The first kappa shape index (κ1) is 32.3. The molecule has 11 atom stereocenters. The van der Waals surface area contributed by atoms with Gasteiger partial charge in [0.1, 0.15) is 11.9 Å². The molecule has 6 nitrogen and oxygen atoms in total. The van der Waals surface area contributed by atoms with E-state index in [2.05, 4.69) is 54.5 Å². The summed E-state index contributed by atoms with van der Waals surface area (Å²) in [6.07, 6.45) is 11.1. The van der Waals surface area contributed by atoms with Gasteiger partial charge in [-0.05, 0) is 121 Å². The van der Waals surface area contributed by atoms with Gasteiger partial charge >= 0.3 is 11.9 Å². The fourth-order valence-corrected chi connectivity index (χ4v) is 12.1. The van der Waals surface area contributed by atoms with Crippen molar-refractivity contribution in [3.05, 3.63) is 47.6 Å². The molecule has 0 saturated heterocycles. The lowest BCUT2D eigenvalue weighted by Gasteiger charge is -2.71. The highest BCUT2D eigenvalue weighted by Crippen LogP contribution is 2.75. The van der Waals surface area contributed by atoms with E-state index >= 15 is 0 Å². The average Bonchev–Trinajstić information content (AvgIpc) is 2.97. The van der Waals surface area contributed by atoms with Gasteiger partial charge in [-0.3, -0.25) is 4.79 Å². The molecule has 1 aromatic carbocycles. The molecule has 5 aliphatic rings. The number of fused-ring (bicyclic) bond motifs is 7. The highest BCUT2D eigenvalue weighted by molar-refractivity contribution is 5.87. The molecule has 2 unspecified atom stereocenters. The number of aliphatic hydroxyl groups is 1. The molecule has 3 N–H and O–H groups in total. The molecule has 246 valence electrons. The van der Waals surface area contributed by atoms with E-state index in [0.717, 1.165) is 50.5 Å². The standard InChI is InChI=1S/C39H54O6/c1-23-16-19-39(34(43)44)21-20-37(6)27(32(39)24(23)2)13-14-30-36(5)22-28(41)33(35(3,4)29(36)17-18-38(30,37)7)45-31(42)15-10-25-8-11-26(40)12-9-25/h8-13,15,23-24,28-30,32-33,40-41H,14,16-22H2,1-7H3,(H,43,44)/b15-10-/t23-,24+,28-,29?,30?,32+,33+,36+,37-,38-,39+/m1/s1. The molecular formula is C39H54O6. The van der Waals surface area contributed by atoms with Gasteiger partial charge in [-0.25, -0.2) is 4.79 Å². The molecule has 1 aromatic rings. The van der Waals surface area contributed by atoms with Crippen molar-refractivity contribution in [3.63, 3.8) is 0 Å². The van der Waals surface area contributed by atoms with Crippen molar-refractivity contribution >= 4 is 18.0 Å². The van der Waals surface area contributed by atoms with Gasteiger partial charge in [-0.1, -0.05) is 72.2 Å². The van der Waals surface area contributed by atoms with Crippen LogP contribution in [-0.2, 0) is 14.3 Å². The number of aromatic hydroxyl groups is 1. The van der Waals surface area contributed by atoms with E-state index in [1.165, 1.54) is 11.6 Å². The monoisotopic (exact) mass is 618 g/mol. The fraction of sp³-hybridized carbons (Fsp3) is 0.692. The summed E-state index contributed by atoms with van der Waals surface area (Å²) in [5.41, 5.74) is 0.857. The van der Waals surface area contributed by atoms with E-state index in [9.17, 15) is 24.9 Å². The molecule has 0 bridgehead atoms. The largest absolute Gasteiger partial charge is 0.508 e. The average molecular weight is 619 g/mol. The third kappa shape index (κ3) is 4.58. The molecule has 0 aromatic heterocycles. The van der Waals surface area contributed by atoms with Crippen LogP contribution in [0.3, 0.4) is 0 Å². The minimum absolute atomic E-state index is 0.0143. The van der Waals surface area contributed by atoms with E-state index in [0.29, 0.717) is 24.2 Å². The number of carbonyl (C=O) groups is 2. The lowest BCUT2D eigenvalue weighted by Crippen LogP contribution is -2.67. The molecule has 5 aliphatic carbocycles. The van der Waals surface area contributed by atoms with Crippen LogP contribution < -0.4 is 0 Å². The molecule has 0 spiro atoms. The molecule has 0 radical (unpaired) electrons. The van der Waals surface area contributed by atoms with Crippen LogP contribution in [-0.4, -0.2) is 39.5 Å². The molecule has 0 aliphatic heterocycles. The minimum atomic E-state index is -0.780. The number of carboxylic acids is 1. The van der Waals surface area contributed by atoms with Crippen LogP contribution in [0.25, 0.3) is 6.08 Å². The maximum Gasteiger partial charge on any atom is 0.331 e. The summed E-state index contributed by atoms with van der Waals surface area (Å²) in [5.74, 6) is 0.617. The van der Waals surface area contributed by atoms with Crippen molar-refractivity contribution in [1.82, 2.24) is 0 Å². The number of ether oxygens (including phenoxy) is 1. The van der Waals surface area contributed by atoms with Crippen LogP contribution in [0.4, 0.5) is 0 Å². The van der Waals surface area contributed by atoms with Gasteiger partial charge in [-0.15, -0.1) is 0 Å². The quantitative estimate of drug-likeness (QED) is 0.179. The van der Waals surface area contributed by atoms with Crippen LogP contribution in [0.1, 0.15) is 105 Å². The highest BCUT2D eigenvalue weighted by atomic mass is 16.6. The second kappa shape index (κ2) is 10.7. The van der Waals surface area contributed by atoms with Crippen molar-refractivity contribution in [2.45, 2.75) is 112 Å². The number of phenols is 1. The van der Waals surface area contributed by atoms with Gasteiger partial charge in [0.15, 0.2) is 0 Å². The smallest absolute Gasteiger partial charge is 0.331 e. The Morgan fingerprint density at radius 2 is 1.62 bits per heavy atom. The zero-order chi connectivity index (χ0) is 32.7. The molecule has 0 amide bonds. The summed E-state index contributed by atoms with van der Waals surface area (Å²) in [6.45, 7) is 16.2. The number of aliphatic carboxylic acids is 1. The van der Waals surface area contributed by atoms with Gasteiger partial charge in [0.05, 0.1) is 11.5 Å². The predicted molar refractivity (Wildman–Crippen MR) is 175 cm³/mol. The summed E-state index contributed by atoms with van der Waals surface area (Å²) >= 11 is 0. The Kier molecular flexibility index (Phi) is 7.70. The Hall–Kier alpha value is -2.60. The summed E-state index contributed by atoms with van der Waals surface area (Å²) in [5, 5.41) is 32.0. The van der Waals surface area contributed by atoms with Gasteiger partial charge < -0.3 is 20.1 Å². The second-order valence-corrected chi connectivity index (χ2v) is 17.0. The second-order valence-electron chi connectivity index (χ2n) is 17.0. The van der Waals surface area contributed by atoms with E-state index in [4.69, 9.17) is 4.74 Å². The Bertz CT molecular complexity index is 1410. The number of carbonyl (C=O) groups excluding carboxylic acids is 1. The number of allylic oxidation sites excluding steroid dienone is 2. The maximum absolute atomic E-state index is 13.0. The van der Waals surface area contributed by atoms with Gasteiger partial charge in [0, 0.05) is 11.5 Å². The zero-order valence-corrected chi connectivity index (χ0v) is 28.3. The number of aliphatic hydroxyl groups excluding tert-OH is 1. The molecule has 6 rings (SSSR count).